The second-order valence-corrected chi connectivity index (χ2v) is 8.82. The number of nitrogens with zero attached hydrogens (tertiary/aromatic N) is 5. The molecule has 1 atom stereocenters. The molecule has 4 rings (SSSR count). The lowest BCUT2D eigenvalue weighted by Crippen LogP contribution is -2.51. The third-order valence-electron chi connectivity index (χ3n) is 6.67. The quantitative estimate of drug-likeness (QED) is 0.758. The molecule has 7 heteroatoms. The highest BCUT2D eigenvalue weighted by Gasteiger charge is 2.32. The van der Waals surface area contributed by atoms with Crippen LogP contribution in [-0.4, -0.2) is 81.6 Å². The second kappa shape index (κ2) is 10.2. The average Bonchev–Trinajstić information content (AvgIpc) is 3.32. The molecule has 30 heavy (non-hydrogen) atoms. The molecular weight excluding hydrogens is 376 g/mol. The standard InChI is InChI=1S/C23H34N6O/c1-27(11-6-19-15-25-26-16-19)23(30)21-5-3-10-29(18-21)22-7-12-28(13-8-22)17-20-4-2-9-24-14-20/h2,4,9,14-16,21-22H,3,5-8,10-13,17-18H2,1H3,(H,25,26). The Labute approximate surface area is 179 Å². The van der Waals surface area contributed by atoms with Crippen molar-refractivity contribution in [3.05, 3.63) is 48.0 Å². The topological polar surface area (TPSA) is 68.4 Å². The summed E-state index contributed by atoms with van der Waals surface area (Å²) >= 11 is 0. The Morgan fingerprint density at radius 2 is 2.07 bits per heavy atom. The summed E-state index contributed by atoms with van der Waals surface area (Å²) in [5.41, 5.74) is 2.44. The fourth-order valence-electron chi connectivity index (χ4n) is 4.87. The highest BCUT2D eigenvalue weighted by atomic mass is 16.2. The third kappa shape index (κ3) is 5.46. The lowest BCUT2D eigenvalue weighted by atomic mass is 9.92. The molecule has 0 radical (unpaired) electrons. The maximum atomic E-state index is 13.0. The minimum atomic E-state index is 0.140. The van der Waals surface area contributed by atoms with Crippen molar-refractivity contribution in [3.63, 3.8) is 0 Å². The first-order chi connectivity index (χ1) is 14.7. The maximum Gasteiger partial charge on any atom is 0.226 e. The number of likely N-dealkylation sites (tertiary alicyclic amines) is 2. The Balaban J connectivity index is 1.23. The van der Waals surface area contributed by atoms with E-state index in [0.29, 0.717) is 11.9 Å². The molecule has 0 aliphatic carbocycles. The van der Waals surface area contributed by atoms with Crippen LogP contribution in [-0.2, 0) is 17.8 Å². The summed E-state index contributed by atoms with van der Waals surface area (Å²) in [6.45, 7) is 6.04. The second-order valence-electron chi connectivity index (χ2n) is 8.82. The number of carbonyl (C=O) groups excluding carboxylic acids is 1. The molecule has 1 N–H and O–H groups in total. The van der Waals surface area contributed by atoms with Crippen LogP contribution >= 0.6 is 0 Å². The molecule has 0 aromatic carbocycles. The van der Waals surface area contributed by atoms with E-state index in [1.165, 1.54) is 18.4 Å². The van der Waals surface area contributed by atoms with Gasteiger partial charge in [0.1, 0.15) is 0 Å². The van der Waals surface area contributed by atoms with E-state index in [1.54, 1.807) is 0 Å². The van der Waals surface area contributed by atoms with Gasteiger partial charge < -0.3 is 4.90 Å². The van der Waals surface area contributed by atoms with E-state index in [2.05, 4.69) is 31.0 Å². The zero-order valence-corrected chi connectivity index (χ0v) is 18.0. The number of hydrogen-bond acceptors (Lipinski definition) is 5. The molecule has 2 saturated heterocycles. The smallest absolute Gasteiger partial charge is 0.226 e. The summed E-state index contributed by atoms with van der Waals surface area (Å²) in [5.74, 6) is 0.443. The molecule has 2 aliphatic rings. The summed E-state index contributed by atoms with van der Waals surface area (Å²) < 4.78 is 0. The normalized spacial score (nSPS) is 21.6. The number of hydrogen-bond donors (Lipinski definition) is 1. The average molecular weight is 411 g/mol. The number of amides is 1. The van der Waals surface area contributed by atoms with E-state index in [0.717, 1.165) is 64.1 Å². The minimum absolute atomic E-state index is 0.140. The summed E-state index contributed by atoms with van der Waals surface area (Å²) in [6, 6.07) is 4.78. The van der Waals surface area contributed by atoms with E-state index >= 15 is 0 Å². The van der Waals surface area contributed by atoms with E-state index in [4.69, 9.17) is 0 Å². The van der Waals surface area contributed by atoms with Gasteiger partial charge in [0.15, 0.2) is 0 Å². The van der Waals surface area contributed by atoms with Gasteiger partial charge in [-0.1, -0.05) is 6.07 Å². The third-order valence-corrected chi connectivity index (χ3v) is 6.67. The SMILES string of the molecule is CN(CCc1cn[nH]c1)C(=O)C1CCCN(C2CCN(Cc3cccnc3)CC2)C1. The van der Waals surface area contributed by atoms with Crippen molar-refractivity contribution in [2.24, 2.45) is 5.92 Å². The van der Waals surface area contributed by atoms with Gasteiger partial charge >= 0.3 is 0 Å². The highest BCUT2D eigenvalue weighted by Crippen LogP contribution is 2.25. The minimum Gasteiger partial charge on any atom is -0.345 e. The number of carbonyl (C=O) groups is 1. The van der Waals surface area contributed by atoms with Crippen molar-refractivity contribution in [2.45, 2.75) is 44.7 Å². The lowest BCUT2D eigenvalue weighted by molar-refractivity contribution is -0.136. The highest BCUT2D eigenvalue weighted by molar-refractivity contribution is 5.79. The fourth-order valence-corrected chi connectivity index (χ4v) is 4.87. The fraction of sp³-hybridized carbons (Fsp3) is 0.609. The van der Waals surface area contributed by atoms with Crippen molar-refractivity contribution in [1.82, 2.24) is 29.9 Å². The van der Waals surface area contributed by atoms with Gasteiger partial charge in [0.25, 0.3) is 0 Å². The number of aromatic amines is 1. The van der Waals surface area contributed by atoms with Crippen LogP contribution in [0.15, 0.2) is 36.9 Å². The van der Waals surface area contributed by atoms with Crippen LogP contribution in [0, 0.1) is 5.92 Å². The van der Waals surface area contributed by atoms with Crippen LogP contribution in [0.5, 0.6) is 0 Å². The summed E-state index contributed by atoms with van der Waals surface area (Å²) in [4.78, 5) is 24.3. The molecular formula is C23H34N6O. The molecule has 2 fully saturated rings. The summed E-state index contributed by atoms with van der Waals surface area (Å²) in [7, 11) is 1.94. The zero-order chi connectivity index (χ0) is 20.8. The van der Waals surface area contributed by atoms with Gasteiger partial charge in [-0.15, -0.1) is 0 Å². The Hall–Kier alpha value is -2.25. The van der Waals surface area contributed by atoms with Crippen LogP contribution in [0.1, 0.15) is 36.8 Å². The van der Waals surface area contributed by atoms with Crippen LogP contribution in [0.25, 0.3) is 0 Å². The maximum absolute atomic E-state index is 13.0. The molecule has 0 bridgehead atoms. The molecule has 1 amide bonds. The Morgan fingerprint density at radius 3 is 2.80 bits per heavy atom. The number of nitrogens with one attached hydrogen (secondary N) is 1. The monoisotopic (exact) mass is 410 g/mol. The van der Waals surface area contributed by atoms with Crippen LogP contribution < -0.4 is 0 Å². The number of piperidine rings is 2. The Bertz CT molecular complexity index is 772. The van der Waals surface area contributed by atoms with Crippen molar-refractivity contribution >= 4 is 5.91 Å². The molecule has 2 aromatic heterocycles. The molecule has 7 nitrogen and oxygen atoms in total. The molecule has 1 unspecified atom stereocenters. The number of rotatable bonds is 7. The Kier molecular flexibility index (Phi) is 7.12. The van der Waals surface area contributed by atoms with E-state index in [9.17, 15) is 4.79 Å². The molecule has 2 aliphatic heterocycles. The van der Waals surface area contributed by atoms with Crippen molar-refractivity contribution in [2.75, 3.05) is 39.8 Å². The first kappa shape index (κ1) is 21.0. The van der Waals surface area contributed by atoms with Crippen LogP contribution in [0.4, 0.5) is 0 Å². The molecule has 2 aromatic rings. The Morgan fingerprint density at radius 1 is 1.20 bits per heavy atom. The molecule has 162 valence electrons. The van der Waals surface area contributed by atoms with Gasteiger partial charge in [-0.3, -0.25) is 24.7 Å². The largest absolute Gasteiger partial charge is 0.345 e. The van der Waals surface area contributed by atoms with Gasteiger partial charge in [-0.2, -0.15) is 5.10 Å². The van der Waals surface area contributed by atoms with E-state index in [1.807, 2.05) is 42.8 Å². The number of H-pyrrole nitrogens is 1. The number of pyridine rings is 1. The lowest BCUT2D eigenvalue weighted by Gasteiger charge is -2.42. The van der Waals surface area contributed by atoms with Gasteiger partial charge in [0.05, 0.1) is 12.1 Å². The van der Waals surface area contributed by atoms with Gasteiger partial charge in [0.2, 0.25) is 5.91 Å². The number of likely N-dealkylation sites (N-methyl/N-ethyl adjacent to an activating group) is 1. The predicted molar refractivity (Wildman–Crippen MR) is 117 cm³/mol. The zero-order valence-electron chi connectivity index (χ0n) is 18.0. The van der Waals surface area contributed by atoms with Gasteiger partial charge in [-0.25, -0.2) is 0 Å². The van der Waals surface area contributed by atoms with Gasteiger partial charge in [-0.05, 0) is 68.9 Å². The summed E-state index contributed by atoms with van der Waals surface area (Å²) in [6.07, 6.45) is 12.9. The van der Waals surface area contributed by atoms with Crippen molar-refractivity contribution in [1.29, 1.82) is 0 Å². The molecule has 0 spiro atoms. The van der Waals surface area contributed by atoms with E-state index in [-0.39, 0.29) is 5.92 Å². The summed E-state index contributed by atoms with van der Waals surface area (Å²) in [5, 5.41) is 6.82. The first-order valence-corrected chi connectivity index (χ1v) is 11.3. The predicted octanol–water partition coefficient (Wildman–Crippen LogP) is 2.18. The molecule has 0 saturated carbocycles. The van der Waals surface area contributed by atoms with Crippen LogP contribution in [0.3, 0.4) is 0 Å². The molecule has 4 heterocycles. The number of aromatic nitrogens is 3. The van der Waals surface area contributed by atoms with E-state index < -0.39 is 0 Å². The van der Waals surface area contributed by atoms with Crippen molar-refractivity contribution in [3.8, 4) is 0 Å². The van der Waals surface area contributed by atoms with Gasteiger partial charge in [0, 0.05) is 51.3 Å². The first-order valence-electron chi connectivity index (χ1n) is 11.3. The van der Waals surface area contributed by atoms with Crippen LogP contribution in [0.2, 0.25) is 0 Å². The van der Waals surface area contributed by atoms with Crippen molar-refractivity contribution < 1.29 is 4.79 Å².